The van der Waals surface area contributed by atoms with Crippen LogP contribution in [0.2, 0.25) is 13.1 Å². The van der Waals surface area contributed by atoms with E-state index >= 15 is 0 Å². The van der Waals surface area contributed by atoms with Crippen molar-refractivity contribution in [2.45, 2.75) is 54.6 Å². The van der Waals surface area contributed by atoms with Gasteiger partial charge >= 0.3 is 41.9 Å². The van der Waals surface area contributed by atoms with Gasteiger partial charge in [0.15, 0.2) is 0 Å². The molecule has 0 aromatic heterocycles. The van der Waals surface area contributed by atoms with Crippen molar-refractivity contribution in [3.8, 4) is 0 Å². The molecule has 34 heavy (non-hydrogen) atoms. The largest absolute Gasteiger partial charge is 1.00 e. The first-order valence-electron chi connectivity index (χ1n) is 11.4. The maximum Gasteiger partial charge on any atom is -1.00 e. The Morgan fingerprint density at radius 2 is 1.00 bits per heavy atom. The first-order chi connectivity index (χ1) is 15.1. The third kappa shape index (κ3) is 10.8. The molecule has 0 amide bonds. The van der Waals surface area contributed by atoms with Gasteiger partial charge in [0.1, 0.15) is 0 Å². The molecule has 0 aliphatic heterocycles. The van der Waals surface area contributed by atoms with E-state index in [1.54, 1.807) is 23.3 Å². The third-order valence-corrected chi connectivity index (χ3v) is 5.19. The van der Waals surface area contributed by atoms with E-state index in [0.717, 1.165) is 0 Å². The second-order valence-corrected chi connectivity index (χ2v) is 18.4. The predicted octanol–water partition coefficient (Wildman–Crippen LogP) is 2.35. The van der Waals surface area contributed by atoms with E-state index in [-0.39, 0.29) is 30.2 Å². The minimum Gasteiger partial charge on any atom is -1.00 e. The molecular weight excluding hydrogens is 551 g/mol. The Morgan fingerprint density at radius 1 is 0.676 bits per heavy atom. The van der Waals surface area contributed by atoms with Crippen LogP contribution in [0.3, 0.4) is 0 Å². The van der Waals surface area contributed by atoms with Crippen molar-refractivity contribution < 1.29 is 48.1 Å². The molecule has 0 fully saturated rings. The van der Waals surface area contributed by atoms with Gasteiger partial charge in [-0.2, -0.15) is 23.3 Å². The zero-order valence-electron chi connectivity index (χ0n) is 21.7. The van der Waals surface area contributed by atoms with Gasteiger partial charge in [0.2, 0.25) is 0 Å². The molecule has 0 saturated carbocycles. The second kappa shape index (κ2) is 15.9. The normalized spacial score (nSPS) is 17.8. The number of benzene rings is 2. The monoisotopic (exact) mass is 584 g/mol. The fourth-order valence-corrected chi connectivity index (χ4v) is 3.92. The van der Waals surface area contributed by atoms with Crippen LogP contribution in [-0.2, 0) is 23.3 Å². The zero-order chi connectivity index (χ0) is 23.8. The summed E-state index contributed by atoms with van der Waals surface area (Å²) in [6.07, 6.45) is 11.4. The summed E-state index contributed by atoms with van der Waals surface area (Å²) < 4.78 is 0. The summed E-state index contributed by atoms with van der Waals surface area (Å²) >= 11 is 1.74. The van der Waals surface area contributed by atoms with Gasteiger partial charge in [0.05, 0.1) is 0 Å². The van der Waals surface area contributed by atoms with Gasteiger partial charge in [-0.15, -0.1) is 11.1 Å². The van der Waals surface area contributed by atoms with Crippen LogP contribution in [0.15, 0.2) is 71.8 Å². The van der Waals surface area contributed by atoms with Gasteiger partial charge in [-0.1, -0.05) is 99.2 Å². The maximum absolute atomic E-state index is 3.41. The number of aryl methyl sites for hydroxylation is 2. The smallest absolute Gasteiger partial charge is 1.00 e. The number of hydrogen-bond donors (Lipinski definition) is 0. The van der Waals surface area contributed by atoms with Crippen molar-refractivity contribution in [2.75, 3.05) is 0 Å². The van der Waals surface area contributed by atoms with E-state index in [0.29, 0.717) is 11.8 Å². The standard InChI is InChI=1S/2C14H15.C2H6Si.2ClH.Zr/c2*1-10-5-4-6-13(8-10)14-9-11(2)7-12(14)3;1-3-2;;;/h2*4-6,8-9,11H,1-3H3;1-2H3;2*1H;/q2*-1;;;;+2/p-2. The molecular formula is C30H36Cl2SiZr-2. The van der Waals surface area contributed by atoms with Crippen LogP contribution in [0.5, 0.6) is 0 Å². The molecule has 0 saturated heterocycles. The molecule has 4 rings (SSSR count). The second-order valence-electron chi connectivity index (χ2n) is 9.02. The van der Waals surface area contributed by atoms with Crippen LogP contribution in [0.25, 0.3) is 11.1 Å². The minimum atomic E-state index is 0. The maximum atomic E-state index is 3.41. The van der Waals surface area contributed by atoms with Crippen LogP contribution in [0.1, 0.15) is 49.9 Å². The quantitative estimate of drug-likeness (QED) is 0.375. The van der Waals surface area contributed by atoms with Crippen LogP contribution < -0.4 is 24.8 Å². The molecule has 2 atom stereocenters. The molecule has 0 bridgehead atoms. The molecule has 0 radical (unpaired) electrons. The molecule has 180 valence electrons. The van der Waals surface area contributed by atoms with Gasteiger partial charge in [-0.3, -0.25) is 12.2 Å². The zero-order valence-corrected chi connectivity index (χ0v) is 26.7. The molecule has 2 aliphatic carbocycles. The molecule has 2 unspecified atom stereocenters. The van der Waals surface area contributed by atoms with E-state index in [2.05, 4.69) is 127 Å². The molecule has 0 nitrogen and oxygen atoms in total. The van der Waals surface area contributed by atoms with E-state index in [4.69, 9.17) is 0 Å². The van der Waals surface area contributed by atoms with Crippen molar-refractivity contribution in [3.63, 3.8) is 0 Å². The van der Waals surface area contributed by atoms with E-state index in [1.807, 2.05) is 0 Å². The fourth-order valence-electron chi connectivity index (χ4n) is 3.92. The fraction of sp³-hybridized carbons (Fsp3) is 0.333. The minimum absolute atomic E-state index is 0. The van der Waals surface area contributed by atoms with Gasteiger partial charge in [0.25, 0.3) is 0 Å². The number of hydrogen-bond acceptors (Lipinski definition) is 0. The van der Waals surface area contributed by atoms with E-state index < -0.39 is 0 Å². The third-order valence-electron chi connectivity index (χ3n) is 5.19. The van der Waals surface area contributed by atoms with Crippen LogP contribution >= 0.6 is 0 Å². The summed E-state index contributed by atoms with van der Waals surface area (Å²) in [5.74, 6) is 0.927. The Morgan fingerprint density at radius 3 is 1.24 bits per heavy atom. The Balaban J connectivity index is 0.000000528. The molecule has 0 spiro atoms. The molecule has 2 aliphatic rings. The average molecular weight is 587 g/mol. The summed E-state index contributed by atoms with van der Waals surface area (Å²) in [6.45, 7) is 17.5. The Hall–Kier alpha value is -0.920. The summed E-state index contributed by atoms with van der Waals surface area (Å²) in [4.78, 5) is 0. The Bertz CT molecular complexity index is 1010. The molecule has 4 heteroatoms. The molecule has 2 aromatic carbocycles. The van der Waals surface area contributed by atoms with Crippen molar-refractivity contribution in [1.29, 1.82) is 0 Å². The summed E-state index contributed by atoms with van der Waals surface area (Å²) in [5, 5.41) is 0. The summed E-state index contributed by atoms with van der Waals surface area (Å²) in [7, 11) is 0. The van der Waals surface area contributed by atoms with Crippen molar-refractivity contribution in [2.24, 2.45) is 11.8 Å². The Kier molecular flexibility index (Phi) is 15.5. The van der Waals surface area contributed by atoms with Crippen LogP contribution in [-0.4, -0.2) is 5.43 Å². The molecule has 0 heterocycles. The van der Waals surface area contributed by atoms with Crippen molar-refractivity contribution in [3.05, 3.63) is 106 Å². The summed E-state index contributed by atoms with van der Waals surface area (Å²) in [5.41, 5.74) is 10.7. The first-order valence-corrected chi connectivity index (χ1v) is 17.6. The van der Waals surface area contributed by atoms with Crippen LogP contribution in [0.4, 0.5) is 0 Å². The van der Waals surface area contributed by atoms with E-state index in [1.165, 1.54) is 44.5 Å². The van der Waals surface area contributed by atoms with Crippen molar-refractivity contribution >= 4 is 16.6 Å². The average Bonchev–Trinajstić information content (AvgIpc) is 3.22. The van der Waals surface area contributed by atoms with Gasteiger partial charge < -0.3 is 24.8 Å². The van der Waals surface area contributed by atoms with Gasteiger partial charge in [-0.25, -0.2) is 11.1 Å². The van der Waals surface area contributed by atoms with Gasteiger partial charge in [-0.05, 0) is 13.8 Å². The van der Waals surface area contributed by atoms with E-state index in [9.17, 15) is 0 Å². The number of rotatable bonds is 2. The number of halogens is 2. The SMILES string of the molecule is CC1=[C-]C(C)C=C1c1cccc(C)c1.CC1=[C-]C(C)C=C1c1cccc(C)c1.C[Si](C)=[Zr+2].[Cl-].[Cl-]. The molecule has 0 N–H and O–H groups in total. The van der Waals surface area contributed by atoms with Gasteiger partial charge in [0, 0.05) is 0 Å². The van der Waals surface area contributed by atoms with Crippen molar-refractivity contribution in [1.82, 2.24) is 0 Å². The topological polar surface area (TPSA) is 0 Å². The number of allylic oxidation sites excluding steroid dienone is 8. The molecule has 2 aromatic rings. The predicted molar refractivity (Wildman–Crippen MR) is 139 cm³/mol. The van der Waals surface area contributed by atoms with Crippen LogP contribution in [0, 0.1) is 37.8 Å². The summed E-state index contributed by atoms with van der Waals surface area (Å²) in [6, 6.07) is 17.3. The Labute approximate surface area is 235 Å². The first kappa shape index (κ1) is 33.1.